The van der Waals surface area contributed by atoms with Crippen molar-refractivity contribution in [1.82, 2.24) is 9.72 Å². The Morgan fingerprint density at radius 1 is 1.25 bits per heavy atom. The van der Waals surface area contributed by atoms with E-state index in [0.29, 0.717) is 23.4 Å². The second-order valence-corrected chi connectivity index (χ2v) is 8.48. The van der Waals surface area contributed by atoms with Gasteiger partial charge in [-0.2, -0.15) is 0 Å². The minimum atomic E-state index is -1.18. The highest BCUT2D eigenvalue weighted by atomic mass is 79.9. The summed E-state index contributed by atoms with van der Waals surface area (Å²) in [4.78, 5) is 36.9. The van der Waals surface area contributed by atoms with Crippen LogP contribution in [0.15, 0.2) is 45.5 Å². The van der Waals surface area contributed by atoms with Crippen LogP contribution in [0, 0.1) is 6.92 Å². The van der Waals surface area contributed by atoms with Crippen LogP contribution in [0.1, 0.15) is 51.1 Å². The van der Waals surface area contributed by atoms with Gasteiger partial charge in [-0.25, -0.2) is 4.79 Å². The molecule has 3 heterocycles. The SMILES string of the molecule is Cc1onc(-c2ccc(Br)cc2)c1C(=O)c1cc(C(=O)O)n(C2CCOC(C(N)=O)C2)c1. The zero-order chi connectivity index (χ0) is 23.0. The first-order chi connectivity index (χ1) is 15.3. The van der Waals surface area contributed by atoms with Crippen molar-refractivity contribution < 1.29 is 28.8 Å². The van der Waals surface area contributed by atoms with Crippen molar-refractivity contribution in [3.05, 3.63) is 63.6 Å². The highest BCUT2D eigenvalue weighted by molar-refractivity contribution is 9.10. The minimum absolute atomic E-state index is 0.0530. The van der Waals surface area contributed by atoms with Gasteiger partial charge in [0, 0.05) is 40.9 Å². The number of rotatable bonds is 6. The number of carboxylic acids is 1. The lowest BCUT2D eigenvalue weighted by molar-refractivity contribution is -0.133. The Morgan fingerprint density at radius 3 is 2.62 bits per heavy atom. The molecule has 0 bridgehead atoms. The van der Waals surface area contributed by atoms with E-state index >= 15 is 0 Å². The Hall–Kier alpha value is -3.24. The normalized spacial score (nSPS) is 18.4. The third-order valence-corrected chi connectivity index (χ3v) is 6.03. The summed E-state index contributed by atoms with van der Waals surface area (Å²) in [6, 6.07) is 8.25. The third kappa shape index (κ3) is 4.11. The van der Waals surface area contributed by atoms with Crippen molar-refractivity contribution in [2.75, 3.05) is 6.61 Å². The monoisotopic (exact) mass is 501 g/mol. The summed E-state index contributed by atoms with van der Waals surface area (Å²) < 4.78 is 13.0. The highest BCUT2D eigenvalue weighted by Gasteiger charge is 2.31. The predicted molar refractivity (Wildman–Crippen MR) is 116 cm³/mol. The maximum absolute atomic E-state index is 13.4. The van der Waals surface area contributed by atoms with Gasteiger partial charge in [-0.15, -0.1) is 0 Å². The lowest BCUT2D eigenvalue weighted by Crippen LogP contribution is -2.38. The van der Waals surface area contributed by atoms with Crippen LogP contribution in [0.3, 0.4) is 0 Å². The van der Waals surface area contributed by atoms with Crippen molar-refractivity contribution >= 4 is 33.6 Å². The number of hydrogen-bond donors (Lipinski definition) is 2. The first kappa shape index (κ1) is 22.0. The lowest BCUT2D eigenvalue weighted by Gasteiger charge is -2.29. The van der Waals surface area contributed by atoms with Gasteiger partial charge in [0.25, 0.3) is 0 Å². The number of ketones is 1. The zero-order valence-electron chi connectivity index (χ0n) is 17.1. The molecule has 0 aliphatic carbocycles. The van der Waals surface area contributed by atoms with Gasteiger partial charge in [0.2, 0.25) is 5.91 Å². The number of hydrogen-bond acceptors (Lipinski definition) is 6. The summed E-state index contributed by atoms with van der Waals surface area (Å²) in [5, 5.41) is 13.8. The van der Waals surface area contributed by atoms with Gasteiger partial charge < -0.3 is 24.7 Å². The largest absolute Gasteiger partial charge is 0.477 e. The van der Waals surface area contributed by atoms with Crippen LogP contribution in [0.5, 0.6) is 0 Å². The molecule has 2 unspecified atom stereocenters. The van der Waals surface area contributed by atoms with E-state index in [0.717, 1.165) is 4.47 Å². The molecule has 3 N–H and O–H groups in total. The number of aryl methyl sites for hydroxylation is 1. The summed E-state index contributed by atoms with van der Waals surface area (Å²) in [7, 11) is 0. The van der Waals surface area contributed by atoms with Crippen LogP contribution in [-0.2, 0) is 9.53 Å². The van der Waals surface area contributed by atoms with E-state index in [1.165, 1.54) is 16.8 Å². The molecule has 0 saturated carbocycles. The molecule has 10 heteroatoms. The zero-order valence-corrected chi connectivity index (χ0v) is 18.7. The number of amides is 1. The van der Waals surface area contributed by atoms with Gasteiger partial charge in [-0.05, 0) is 31.5 Å². The fourth-order valence-corrected chi connectivity index (χ4v) is 4.16. The molecule has 0 spiro atoms. The molecule has 1 aliphatic heterocycles. The molecule has 9 nitrogen and oxygen atoms in total. The number of nitrogens with two attached hydrogens (primary N) is 1. The van der Waals surface area contributed by atoms with Crippen LogP contribution in [0.4, 0.5) is 0 Å². The molecular formula is C22H20BrN3O6. The minimum Gasteiger partial charge on any atom is -0.477 e. The average Bonchev–Trinajstić information content (AvgIpc) is 3.38. The number of carboxylic acid groups (broad SMARTS) is 1. The van der Waals surface area contributed by atoms with Gasteiger partial charge in [0.05, 0.1) is 5.56 Å². The number of primary amides is 1. The molecule has 1 aliphatic rings. The number of halogens is 1. The second kappa shape index (κ2) is 8.71. The van der Waals surface area contributed by atoms with Crippen molar-refractivity contribution in [3.63, 3.8) is 0 Å². The van der Waals surface area contributed by atoms with Crippen LogP contribution in [0.25, 0.3) is 11.3 Å². The molecule has 32 heavy (non-hydrogen) atoms. The number of ether oxygens (including phenoxy) is 1. The number of carbonyl (C=O) groups is 3. The number of carbonyl (C=O) groups excluding carboxylic acids is 2. The smallest absolute Gasteiger partial charge is 0.352 e. The summed E-state index contributed by atoms with van der Waals surface area (Å²) >= 11 is 3.38. The number of aromatic carboxylic acids is 1. The summed E-state index contributed by atoms with van der Waals surface area (Å²) in [5.74, 6) is -1.85. The Bertz CT molecular complexity index is 1200. The van der Waals surface area contributed by atoms with Crippen LogP contribution < -0.4 is 5.73 Å². The molecule has 3 aromatic rings. The molecule has 1 fully saturated rings. The van der Waals surface area contributed by atoms with Crippen LogP contribution in [0.2, 0.25) is 0 Å². The van der Waals surface area contributed by atoms with Crippen molar-refractivity contribution in [3.8, 4) is 11.3 Å². The third-order valence-electron chi connectivity index (χ3n) is 5.50. The summed E-state index contributed by atoms with van der Waals surface area (Å²) in [5.41, 5.74) is 6.83. The quantitative estimate of drug-likeness (QED) is 0.493. The van der Waals surface area contributed by atoms with Gasteiger partial charge in [-0.1, -0.05) is 33.2 Å². The molecule has 166 valence electrons. The fourth-order valence-electron chi connectivity index (χ4n) is 3.90. The Balaban J connectivity index is 1.72. The van der Waals surface area contributed by atoms with E-state index in [-0.39, 0.29) is 35.9 Å². The van der Waals surface area contributed by atoms with E-state index in [4.69, 9.17) is 15.0 Å². The Kier molecular flexibility index (Phi) is 5.98. The predicted octanol–water partition coefficient (Wildman–Crippen LogP) is 3.35. The van der Waals surface area contributed by atoms with Gasteiger partial charge in [0.15, 0.2) is 5.78 Å². The lowest BCUT2D eigenvalue weighted by atomic mass is 9.99. The number of nitrogens with zero attached hydrogens (tertiary/aromatic N) is 2. The van der Waals surface area contributed by atoms with E-state index in [1.54, 1.807) is 19.1 Å². The van der Waals surface area contributed by atoms with Crippen molar-refractivity contribution in [2.45, 2.75) is 31.9 Å². The summed E-state index contributed by atoms with van der Waals surface area (Å²) in [6.45, 7) is 1.89. The van der Waals surface area contributed by atoms with Gasteiger partial charge >= 0.3 is 5.97 Å². The fraction of sp³-hybridized carbons (Fsp3) is 0.273. The van der Waals surface area contributed by atoms with E-state index in [1.807, 2.05) is 12.1 Å². The second-order valence-electron chi connectivity index (χ2n) is 7.56. The highest BCUT2D eigenvalue weighted by Crippen LogP contribution is 2.32. The molecular weight excluding hydrogens is 482 g/mol. The Morgan fingerprint density at radius 2 is 1.97 bits per heavy atom. The van der Waals surface area contributed by atoms with Crippen molar-refractivity contribution in [2.24, 2.45) is 5.73 Å². The Labute approximate surface area is 191 Å². The molecule has 2 atom stereocenters. The molecule has 1 saturated heterocycles. The summed E-state index contributed by atoms with van der Waals surface area (Å²) in [6.07, 6.45) is 1.41. The van der Waals surface area contributed by atoms with Gasteiger partial charge in [-0.3, -0.25) is 9.59 Å². The molecule has 0 radical (unpaired) electrons. The number of benzene rings is 1. The standard InChI is InChI=1S/C22H20BrN3O6/c1-11-18(19(25-32-11)12-2-4-14(23)5-3-12)20(27)13-8-16(22(29)30)26(10-13)15-6-7-31-17(9-15)21(24)28/h2-5,8,10,15,17H,6-7,9H2,1H3,(H2,24,28)(H,29,30). The van der Waals surface area contributed by atoms with Crippen LogP contribution in [-0.4, -0.2) is 45.2 Å². The molecule has 4 rings (SSSR count). The molecule has 2 aromatic heterocycles. The molecule has 1 amide bonds. The van der Waals surface area contributed by atoms with Crippen molar-refractivity contribution in [1.29, 1.82) is 0 Å². The first-order valence-electron chi connectivity index (χ1n) is 9.89. The maximum Gasteiger partial charge on any atom is 0.352 e. The van der Waals surface area contributed by atoms with Gasteiger partial charge in [0.1, 0.15) is 23.3 Å². The van der Waals surface area contributed by atoms with E-state index in [2.05, 4.69) is 21.1 Å². The number of aromatic nitrogens is 2. The molecule has 1 aromatic carbocycles. The maximum atomic E-state index is 13.4. The van der Waals surface area contributed by atoms with E-state index < -0.39 is 23.8 Å². The first-order valence-corrected chi connectivity index (χ1v) is 10.7. The van der Waals surface area contributed by atoms with E-state index in [9.17, 15) is 19.5 Å². The van der Waals surface area contributed by atoms with Crippen LogP contribution >= 0.6 is 15.9 Å². The topological polar surface area (TPSA) is 138 Å². The average molecular weight is 502 g/mol.